The Bertz CT molecular complexity index is 401. The van der Waals surface area contributed by atoms with Crippen LogP contribution in [-0.4, -0.2) is 29.6 Å². The van der Waals surface area contributed by atoms with Crippen LogP contribution in [0.3, 0.4) is 0 Å². The van der Waals surface area contributed by atoms with Crippen LogP contribution in [0.25, 0.3) is 0 Å². The summed E-state index contributed by atoms with van der Waals surface area (Å²) in [6.07, 6.45) is 4.19. The Morgan fingerprint density at radius 3 is 2.58 bits per heavy atom. The lowest BCUT2D eigenvalue weighted by Crippen LogP contribution is -2.38. The van der Waals surface area contributed by atoms with Crippen molar-refractivity contribution in [3.8, 4) is 0 Å². The van der Waals surface area contributed by atoms with Gasteiger partial charge >= 0.3 is 0 Å². The van der Waals surface area contributed by atoms with E-state index in [1.165, 1.54) is 31.4 Å². The predicted molar refractivity (Wildman–Crippen MR) is 80.0 cm³/mol. The van der Waals surface area contributed by atoms with Crippen molar-refractivity contribution in [3.05, 3.63) is 35.9 Å². The van der Waals surface area contributed by atoms with Gasteiger partial charge in [-0.1, -0.05) is 30.3 Å². The van der Waals surface area contributed by atoms with Gasteiger partial charge in [-0.3, -0.25) is 4.90 Å². The fourth-order valence-electron chi connectivity index (χ4n) is 3.72. The van der Waals surface area contributed by atoms with Crippen molar-refractivity contribution in [2.45, 2.75) is 57.8 Å². The molecule has 19 heavy (non-hydrogen) atoms. The molecule has 1 aromatic carbocycles. The lowest BCUT2D eigenvalue weighted by molar-refractivity contribution is 0.165. The van der Waals surface area contributed by atoms with Crippen LogP contribution in [0.2, 0.25) is 0 Å². The van der Waals surface area contributed by atoms with Crippen molar-refractivity contribution in [3.63, 3.8) is 0 Å². The zero-order valence-corrected chi connectivity index (χ0v) is 12.2. The standard InChI is InChI=1S/C17H26N2/c1-13(2)19(11-14-6-4-3-5-7-14)12-15-10-16-8-9-17(15)18-16/h3-7,13,15-18H,8-12H2,1-2H3. The van der Waals surface area contributed by atoms with E-state index < -0.39 is 0 Å². The van der Waals surface area contributed by atoms with E-state index >= 15 is 0 Å². The van der Waals surface area contributed by atoms with Gasteiger partial charge in [0.15, 0.2) is 0 Å². The summed E-state index contributed by atoms with van der Waals surface area (Å²) in [5.74, 6) is 0.866. The van der Waals surface area contributed by atoms with Crippen LogP contribution in [0.1, 0.15) is 38.7 Å². The molecule has 2 heterocycles. The van der Waals surface area contributed by atoms with E-state index in [2.05, 4.69) is 54.4 Å². The number of nitrogens with one attached hydrogen (secondary N) is 1. The average molecular weight is 258 g/mol. The molecular formula is C17H26N2. The summed E-state index contributed by atoms with van der Waals surface area (Å²) < 4.78 is 0. The first kappa shape index (κ1) is 13.1. The van der Waals surface area contributed by atoms with Gasteiger partial charge in [-0.05, 0) is 44.6 Å². The normalized spacial score (nSPS) is 29.6. The Morgan fingerprint density at radius 1 is 1.21 bits per heavy atom. The Hall–Kier alpha value is -0.860. The van der Waals surface area contributed by atoms with E-state index in [-0.39, 0.29) is 0 Å². The van der Waals surface area contributed by atoms with Crippen molar-refractivity contribution in [1.82, 2.24) is 10.2 Å². The van der Waals surface area contributed by atoms with Crippen LogP contribution in [0, 0.1) is 5.92 Å². The van der Waals surface area contributed by atoms with Crippen molar-refractivity contribution in [2.24, 2.45) is 5.92 Å². The molecule has 2 heteroatoms. The molecule has 104 valence electrons. The largest absolute Gasteiger partial charge is 0.311 e. The smallest absolute Gasteiger partial charge is 0.0236 e. The van der Waals surface area contributed by atoms with Crippen molar-refractivity contribution < 1.29 is 0 Å². The van der Waals surface area contributed by atoms with Crippen molar-refractivity contribution in [1.29, 1.82) is 0 Å². The summed E-state index contributed by atoms with van der Waals surface area (Å²) in [6.45, 7) is 6.99. The molecule has 2 bridgehead atoms. The maximum atomic E-state index is 3.76. The third-order valence-electron chi connectivity index (χ3n) is 4.86. The molecule has 1 aromatic rings. The van der Waals surface area contributed by atoms with Gasteiger partial charge in [0.25, 0.3) is 0 Å². The summed E-state index contributed by atoms with van der Waals surface area (Å²) in [5, 5.41) is 3.76. The molecule has 2 fully saturated rings. The molecule has 0 spiro atoms. The van der Waals surface area contributed by atoms with Gasteiger partial charge in [0.05, 0.1) is 0 Å². The molecule has 3 atom stereocenters. The Labute approximate surface area is 117 Å². The molecule has 0 saturated carbocycles. The number of nitrogens with zero attached hydrogens (tertiary/aromatic N) is 1. The first-order valence-electron chi connectivity index (χ1n) is 7.76. The van der Waals surface area contributed by atoms with E-state index in [0.717, 1.165) is 24.5 Å². The Balaban J connectivity index is 1.62. The highest BCUT2D eigenvalue weighted by Gasteiger charge is 2.39. The molecule has 2 aliphatic heterocycles. The molecule has 2 aliphatic rings. The summed E-state index contributed by atoms with van der Waals surface area (Å²) in [6, 6.07) is 13.1. The summed E-state index contributed by atoms with van der Waals surface area (Å²) in [7, 11) is 0. The molecular weight excluding hydrogens is 232 g/mol. The molecule has 3 rings (SSSR count). The second-order valence-electron chi connectivity index (χ2n) is 6.55. The minimum absolute atomic E-state index is 0.624. The minimum Gasteiger partial charge on any atom is -0.311 e. The zero-order valence-electron chi connectivity index (χ0n) is 12.2. The molecule has 0 radical (unpaired) electrons. The van der Waals surface area contributed by atoms with Gasteiger partial charge in [-0.15, -0.1) is 0 Å². The number of hydrogen-bond donors (Lipinski definition) is 1. The lowest BCUT2D eigenvalue weighted by atomic mass is 9.88. The maximum absolute atomic E-state index is 3.76. The molecule has 0 aromatic heterocycles. The number of benzene rings is 1. The van der Waals surface area contributed by atoms with Crippen LogP contribution in [-0.2, 0) is 6.54 Å². The highest BCUT2D eigenvalue weighted by Crippen LogP contribution is 2.34. The first-order chi connectivity index (χ1) is 9.22. The summed E-state index contributed by atoms with van der Waals surface area (Å²) >= 11 is 0. The Kier molecular flexibility index (Phi) is 3.90. The SMILES string of the molecule is CC(C)N(Cc1ccccc1)CC1CC2CCC1N2. The number of hydrogen-bond acceptors (Lipinski definition) is 2. The zero-order chi connectivity index (χ0) is 13.2. The topological polar surface area (TPSA) is 15.3 Å². The predicted octanol–water partition coefficient (Wildman–Crippen LogP) is 3.04. The van der Waals surface area contributed by atoms with E-state index in [4.69, 9.17) is 0 Å². The highest BCUT2D eigenvalue weighted by atomic mass is 15.2. The van der Waals surface area contributed by atoms with Gasteiger partial charge in [-0.2, -0.15) is 0 Å². The second kappa shape index (κ2) is 5.64. The van der Waals surface area contributed by atoms with Crippen molar-refractivity contribution in [2.75, 3.05) is 6.54 Å². The van der Waals surface area contributed by atoms with E-state index in [0.29, 0.717) is 6.04 Å². The molecule has 3 unspecified atom stereocenters. The van der Waals surface area contributed by atoms with E-state index in [1.54, 1.807) is 0 Å². The fraction of sp³-hybridized carbons (Fsp3) is 0.647. The van der Waals surface area contributed by atoms with E-state index in [9.17, 15) is 0 Å². The van der Waals surface area contributed by atoms with Gasteiger partial charge in [0, 0.05) is 31.2 Å². The molecule has 2 saturated heterocycles. The molecule has 0 aliphatic carbocycles. The number of fused-ring (bicyclic) bond motifs is 2. The van der Waals surface area contributed by atoms with Crippen LogP contribution in [0.15, 0.2) is 30.3 Å². The monoisotopic (exact) mass is 258 g/mol. The quantitative estimate of drug-likeness (QED) is 0.873. The first-order valence-corrected chi connectivity index (χ1v) is 7.76. The third kappa shape index (κ3) is 3.01. The number of rotatable bonds is 5. The van der Waals surface area contributed by atoms with Gasteiger partial charge in [0.1, 0.15) is 0 Å². The van der Waals surface area contributed by atoms with E-state index in [1.807, 2.05) is 0 Å². The van der Waals surface area contributed by atoms with Crippen molar-refractivity contribution >= 4 is 0 Å². The maximum Gasteiger partial charge on any atom is 0.0236 e. The molecule has 0 amide bonds. The van der Waals surface area contributed by atoms with Gasteiger partial charge in [-0.25, -0.2) is 0 Å². The minimum atomic E-state index is 0.624. The summed E-state index contributed by atoms with van der Waals surface area (Å²) in [4.78, 5) is 2.64. The Morgan fingerprint density at radius 2 is 2.00 bits per heavy atom. The lowest BCUT2D eigenvalue weighted by Gasteiger charge is -2.32. The fourth-order valence-corrected chi connectivity index (χ4v) is 3.72. The van der Waals surface area contributed by atoms with Gasteiger partial charge in [0.2, 0.25) is 0 Å². The van der Waals surface area contributed by atoms with Crippen LogP contribution >= 0.6 is 0 Å². The third-order valence-corrected chi connectivity index (χ3v) is 4.86. The van der Waals surface area contributed by atoms with Crippen LogP contribution in [0.5, 0.6) is 0 Å². The summed E-state index contributed by atoms with van der Waals surface area (Å²) in [5.41, 5.74) is 1.44. The van der Waals surface area contributed by atoms with Crippen LogP contribution < -0.4 is 5.32 Å². The second-order valence-corrected chi connectivity index (χ2v) is 6.55. The molecule has 2 nitrogen and oxygen atoms in total. The molecule has 1 N–H and O–H groups in total. The average Bonchev–Trinajstić information content (AvgIpc) is 3.01. The van der Waals surface area contributed by atoms with Crippen LogP contribution in [0.4, 0.5) is 0 Å². The highest BCUT2D eigenvalue weighted by molar-refractivity contribution is 5.14. The van der Waals surface area contributed by atoms with Gasteiger partial charge < -0.3 is 5.32 Å².